The van der Waals surface area contributed by atoms with E-state index in [1.54, 1.807) is 12.1 Å². The van der Waals surface area contributed by atoms with Crippen molar-refractivity contribution in [1.29, 1.82) is 0 Å². The highest BCUT2D eigenvalue weighted by Gasteiger charge is 2.65. The lowest BCUT2D eigenvalue weighted by Gasteiger charge is -2.29. The van der Waals surface area contributed by atoms with Crippen LogP contribution < -0.4 is 10.6 Å². The minimum atomic E-state index is -0.230. The van der Waals surface area contributed by atoms with Gasteiger partial charge < -0.3 is 20.5 Å². The molecule has 7 rings (SSSR count). The summed E-state index contributed by atoms with van der Waals surface area (Å²) in [5, 5.41) is 15.4. The zero-order valence-corrected chi connectivity index (χ0v) is 21.8. The number of fused-ring (bicyclic) bond motifs is 2. The number of ether oxygens (including phenoxy) is 1. The highest BCUT2D eigenvalue weighted by molar-refractivity contribution is 5.89. The van der Waals surface area contributed by atoms with Crippen LogP contribution in [0.4, 0.5) is 10.2 Å². The lowest BCUT2D eigenvalue weighted by atomic mass is 9.91. The lowest BCUT2D eigenvalue weighted by molar-refractivity contribution is -0.0368. The molecule has 3 fully saturated rings. The van der Waals surface area contributed by atoms with Crippen molar-refractivity contribution in [1.82, 2.24) is 19.7 Å². The molecule has 0 amide bonds. The van der Waals surface area contributed by atoms with Crippen LogP contribution in [0.1, 0.15) is 43.2 Å². The molecular formula is C30H33FN6O2. The Morgan fingerprint density at radius 1 is 1.05 bits per heavy atom. The normalized spacial score (nSPS) is 26.5. The number of hydrogen-bond acceptors (Lipinski definition) is 7. The van der Waals surface area contributed by atoms with E-state index in [9.17, 15) is 9.50 Å². The smallest absolute Gasteiger partial charge is 0.182 e. The van der Waals surface area contributed by atoms with E-state index in [0.717, 1.165) is 55.6 Å². The number of nitrogens with zero attached hydrogens (tertiary/aromatic N) is 5. The van der Waals surface area contributed by atoms with E-state index >= 15 is 0 Å². The molecule has 0 bridgehead atoms. The Labute approximate surface area is 226 Å². The molecular weight excluding hydrogens is 495 g/mol. The molecule has 8 nitrogen and oxygen atoms in total. The fourth-order valence-corrected chi connectivity index (χ4v) is 7.04. The Bertz CT molecular complexity index is 1500. The predicted molar refractivity (Wildman–Crippen MR) is 146 cm³/mol. The van der Waals surface area contributed by atoms with Crippen molar-refractivity contribution in [2.24, 2.45) is 17.6 Å². The van der Waals surface area contributed by atoms with Crippen molar-refractivity contribution < 1.29 is 14.2 Å². The maximum Gasteiger partial charge on any atom is 0.182 e. The van der Waals surface area contributed by atoms with Gasteiger partial charge in [-0.3, -0.25) is 0 Å². The van der Waals surface area contributed by atoms with Gasteiger partial charge in [-0.25, -0.2) is 19.0 Å². The highest BCUT2D eigenvalue weighted by atomic mass is 19.1. The summed E-state index contributed by atoms with van der Waals surface area (Å²) in [6, 6.07) is 16.8. The van der Waals surface area contributed by atoms with Gasteiger partial charge in [-0.1, -0.05) is 42.5 Å². The van der Waals surface area contributed by atoms with Crippen LogP contribution in [-0.2, 0) is 16.8 Å². The summed E-state index contributed by atoms with van der Waals surface area (Å²) in [5.41, 5.74) is 10.7. The molecule has 202 valence electrons. The third-order valence-corrected chi connectivity index (χ3v) is 9.03. The van der Waals surface area contributed by atoms with Crippen LogP contribution >= 0.6 is 0 Å². The monoisotopic (exact) mass is 528 g/mol. The van der Waals surface area contributed by atoms with Crippen molar-refractivity contribution >= 4 is 17.0 Å². The third kappa shape index (κ3) is 3.94. The molecule has 0 radical (unpaired) electrons. The summed E-state index contributed by atoms with van der Waals surface area (Å²) in [4.78, 5) is 12.3. The van der Waals surface area contributed by atoms with Crippen LogP contribution in [0.5, 0.6) is 0 Å². The Morgan fingerprint density at radius 2 is 1.92 bits per heavy atom. The van der Waals surface area contributed by atoms with E-state index in [2.05, 4.69) is 4.90 Å². The van der Waals surface area contributed by atoms with Gasteiger partial charge in [0.15, 0.2) is 17.7 Å². The molecule has 3 aliphatic rings. The van der Waals surface area contributed by atoms with Crippen LogP contribution in [0.15, 0.2) is 54.6 Å². The quantitative estimate of drug-likeness (QED) is 0.387. The van der Waals surface area contributed by atoms with E-state index in [1.807, 2.05) is 41.1 Å². The Balaban J connectivity index is 1.29. The van der Waals surface area contributed by atoms with E-state index in [4.69, 9.17) is 25.5 Å². The number of rotatable bonds is 6. The average molecular weight is 529 g/mol. The minimum Gasteiger partial charge on any atom is -0.390 e. The summed E-state index contributed by atoms with van der Waals surface area (Å²) >= 11 is 0. The average Bonchev–Trinajstić information content (AvgIpc) is 3.51. The maximum atomic E-state index is 14.1. The molecule has 39 heavy (non-hydrogen) atoms. The van der Waals surface area contributed by atoms with E-state index < -0.39 is 0 Å². The fraction of sp³-hybridized carbons (Fsp3) is 0.433. The fourth-order valence-electron chi connectivity index (χ4n) is 7.04. The van der Waals surface area contributed by atoms with Crippen LogP contribution in [0.2, 0.25) is 0 Å². The standard InChI is InChI=1S/C30H33FN6O2/c31-21-10-6-9-20(15-21)30(18-32)22-12-13-36(16-23(22)30)28-24(17-38)33-27-26(19-7-2-1-3-8-19)35-37(29(27)34-28)25-11-4-5-14-39-25/h1-3,6-10,15,22-23,25,38H,4-5,11-14,16-18,32H2. The first kappa shape index (κ1) is 24.6. The van der Waals surface area contributed by atoms with Crippen LogP contribution in [0.3, 0.4) is 0 Å². The molecule has 4 atom stereocenters. The molecule has 2 aromatic carbocycles. The first-order chi connectivity index (χ1) is 19.1. The number of aliphatic hydroxyl groups excluding tert-OH is 1. The van der Waals surface area contributed by atoms with Crippen LogP contribution in [0.25, 0.3) is 22.4 Å². The topological polar surface area (TPSA) is 102 Å². The number of piperidine rings is 1. The van der Waals surface area contributed by atoms with Crippen LogP contribution in [0, 0.1) is 17.7 Å². The summed E-state index contributed by atoms with van der Waals surface area (Å²) in [7, 11) is 0. The number of benzene rings is 2. The maximum absolute atomic E-state index is 14.1. The van der Waals surface area contributed by atoms with Gasteiger partial charge in [0.2, 0.25) is 0 Å². The summed E-state index contributed by atoms with van der Waals surface area (Å²) in [6.07, 6.45) is 3.69. The second-order valence-electron chi connectivity index (χ2n) is 11.0. The van der Waals surface area contributed by atoms with Crippen molar-refractivity contribution in [3.63, 3.8) is 0 Å². The van der Waals surface area contributed by atoms with Gasteiger partial charge in [0.05, 0.1) is 6.61 Å². The van der Waals surface area contributed by atoms with Crippen molar-refractivity contribution in [3.8, 4) is 11.3 Å². The zero-order chi connectivity index (χ0) is 26.6. The molecule has 1 saturated carbocycles. The molecule has 2 aliphatic heterocycles. The summed E-state index contributed by atoms with van der Waals surface area (Å²) in [5.74, 6) is 1.14. The number of halogens is 1. The van der Waals surface area contributed by atoms with Gasteiger partial charge in [0, 0.05) is 37.2 Å². The SMILES string of the molecule is NCC1(c2cccc(F)c2)C2CCN(c3nc4c(nc3CO)c(-c3ccccc3)nn4C3CCCCO3)CC21. The van der Waals surface area contributed by atoms with E-state index in [1.165, 1.54) is 6.07 Å². The molecule has 2 saturated heterocycles. The second-order valence-corrected chi connectivity index (χ2v) is 11.0. The number of nitrogens with two attached hydrogens (primary N) is 1. The molecule has 4 aromatic rings. The van der Waals surface area contributed by atoms with Crippen molar-refractivity contribution in [3.05, 3.63) is 71.7 Å². The van der Waals surface area contributed by atoms with Crippen LogP contribution in [-0.4, -0.2) is 51.1 Å². The summed E-state index contributed by atoms with van der Waals surface area (Å²) < 4.78 is 22.1. The number of hydrogen-bond donors (Lipinski definition) is 2. The molecule has 1 aliphatic carbocycles. The van der Waals surface area contributed by atoms with Gasteiger partial charge >= 0.3 is 0 Å². The van der Waals surface area contributed by atoms with Gasteiger partial charge in [0.1, 0.15) is 22.7 Å². The Morgan fingerprint density at radius 3 is 2.67 bits per heavy atom. The second kappa shape index (κ2) is 9.66. The zero-order valence-electron chi connectivity index (χ0n) is 21.8. The first-order valence-electron chi connectivity index (χ1n) is 13.9. The summed E-state index contributed by atoms with van der Waals surface area (Å²) in [6.45, 7) is 2.44. The molecule has 9 heteroatoms. The van der Waals surface area contributed by atoms with Crippen molar-refractivity contribution in [2.45, 2.75) is 43.9 Å². The van der Waals surface area contributed by atoms with Gasteiger partial charge in [-0.15, -0.1) is 0 Å². The molecule has 4 unspecified atom stereocenters. The molecule has 4 heterocycles. The molecule has 0 spiro atoms. The van der Waals surface area contributed by atoms with E-state index in [0.29, 0.717) is 41.7 Å². The Hall–Kier alpha value is -3.40. The highest BCUT2D eigenvalue weighted by Crippen LogP contribution is 2.63. The molecule has 2 aromatic heterocycles. The minimum absolute atomic E-state index is 0.201. The Kier molecular flexibility index (Phi) is 6.10. The van der Waals surface area contributed by atoms with Gasteiger partial charge in [0.25, 0.3) is 0 Å². The third-order valence-electron chi connectivity index (χ3n) is 9.03. The van der Waals surface area contributed by atoms with Crippen molar-refractivity contribution in [2.75, 3.05) is 31.1 Å². The molecule has 3 N–H and O–H groups in total. The number of aromatic nitrogens is 4. The predicted octanol–water partition coefficient (Wildman–Crippen LogP) is 4.18. The first-order valence-corrected chi connectivity index (χ1v) is 13.9. The number of anilines is 1. The van der Waals surface area contributed by atoms with Gasteiger partial charge in [-0.2, -0.15) is 5.10 Å². The van der Waals surface area contributed by atoms with Gasteiger partial charge in [-0.05, 0) is 55.2 Å². The largest absolute Gasteiger partial charge is 0.390 e. The lowest BCUT2D eigenvalue weighted by Crippen LogP contribution is -2.34. The van der Waals surface area contributed by atoms with E-state index in [-0.39, 0.29) is 30.0 Å². The number of aliphatic hydroxyl groups is 1.